The lowest BCUT2D eigenvalue weighted by Gasteiger charge is -2.43. The molecule has 2 amide bonds. The van der Waals surface area contributed by atoms with Gasteiger partial charge in [0.15, 0.2) is 0 Å². The average Bonchev–Trinajstić information content (AvgIpc) is 3.15. The summed E-state index contributed by atoms with van der Waals surface area (Å²) in [4.78, 5) is 34.5. The van der Waals surface area contributed by atoms with E-state index in [-0.39, 0.29) is 11.8 Å². The Hall–Kier alpha value is -1.44. The zero-order valence-corrected chi connectivity index (χ0v) is 16.1. The molecular weight excluding hydrogens is 348 g/mol. The third kappa shape index (κ3) is 3.94. The summed E-state index contributed by atoms with van der Waals surface area (Å²) in [5.41, 5.74) is 0. The van der Waals surface area contributed by atoms with Gasteiger partial charge in [0.2, 0.25) is 5.91 Å². The molecule has 6 nitrogen and oxygen atoms in total. The molecule has 0 N–H and O–H groups in total. The molecule has 0 bridgehead atoms. The quantitative estimate of drug-likeness (QED) is 0.792. The van der Waals surface area contributed by atoms with Crippen molar-refractivity contribution in [2.75, 3.05) is 58.9 Å². The Morgan fingerprint density at radius 1 is 0.962 bits per heavy atom. The van der Waals surface area contributed by atoms with Crippen molar-refractivity contribution in [3.05, 3.63) is 22.4 Å². The first-order valence-corrected chi connectivity index (χ1v) is 10.7. The average molecular weight is 377 g/mol. The van der Waals surface area contributed by atoms with Crippen molar-refractivity contribution in [2.45, 2.75) is 25.3 Å². The summed E-state index contributed by atoms with van der Waals surface area (Å²) in [6.07, 6.45) is 4.04. The van der Waals surface area contributed by atoms with Crippen molar-refractivity contribution in [3.8, 4) is 0 Å². The summed E-state index contributed by atoms with van der Waals surface area (Å²) in [5, 5.41) is 1.94. The summed E-state index contributed by atoms with van der Waals surface area (Å²) < 4.78 is 0. The molecule has 1 aromatic heterocycles. The van der Waals surface area contributed by atoms with Gasteiger partial charge in [0.1, 0.15) is 0 Å². The second-order valence-corrected chi connectivity index (χ2v) is 8.49. The van der Waals surface area contributed by atoms with Crippen LogP contribution in [-0.4, -0.2) is 96.4 Å². The van der Waals surface area contributed by atoms with Crippen LogP contribution in [0.15, 0.2) is 17.5 Å². The molecule has 26 heavy (non-hydrogen) atoms. The lowest BCUT2D eigenvalue weighted by Crippen LogP contribution is -2.56. The maximum absolute atomic E-state index is 12.6. The number of thiophene rings is 1. The van der Waals surface area contributed by atoms with Crippen LogP contribution in [0.2, 0.25) is 0 Å². The van der Waals surface area contributed by atoms with E-state index in [4.69, 9.17) is 0 Å². The highest BCUT2D eigenvalue weighted by Gasteiger charge is 2.30. The van der Waals surface area contributed by atoms with E-state index >= 15 is 0 Å². The van der Waals surface area contributed by atoms with Gasteiger partial charge in [0, 0.05) is 58.4 Å². The smallest absolute Gasteiger partial charge is 0.264 e. The number of rotatable bonds is 4. The second kappa shape index (κ2) is 8.06. The third-order valence-electron chi connectivity index (χ3n) is 6.01. The van der Waals surface area contributed by atoms with Crippen LogP contribution in [0, 0.1) is 0 Å². The summed E-state index contributed by atoms with van der Waals surface area (Å²) in [6.45, 7) is 7.26. The van der Waals surface area contributed by atoms with E-state index in [1.165, 1.54) is 30.6 Å². The topological polar surface area (TPSA) is 47.1 Å². The number of amides is 2. The molecule has 3 aliphatic rings. The fourth-order valence-corrected chi connectivity index (χ4v) is 4.74. The van der Waals surface area contributed by atoms with Gasteiger partial charge >= 0.3 is 0 Å². The van der Waals surface area contributed by atoms with Gasteiger partial charge in [-0.2, -0.15) is 0 Å². The molecule has 1 aliphatic carbocycles. The number of piperazine rings is 2. The zero-order valence-electron chi connectivity index (χ0n) is 15.3. The highest BCUT2D eigenvalue weighted by Crippen LogP contribution is 2.25. The lowest BCUT2D eigenvalue weighted by molar-refractivity contribution is -0.135. The van der Waals surface area contributed by atoms with Gasteiger partial charge in [-0.25, -0.2) is 0 Å². The summed E-state index contributed by atoms with van der Waals surface area (Å²) in [7, 11) is 0. The van der Waals surface area contributed by atoms with Crippen LogP contribution in [0.5, 0.6) is 0 Å². The van der Waals surface area contributed by atoms with Gasteiger partial charge in [0.05, 0.1) is 11.4 Å². The first-order valence-electron chi connectivity index (χ1n) is 9.77. The Bertz CT molecular complexity index is 615. The summed E-state index contributed by atoms with van der Waals surface area (Å²) >= 11 is 1.49. The monoisotopic (exact) mass is 376 g/mol. The van der Waals surface area contributed by atoms with Crippen LogP contribution in [0.4, 0.5) is 0 Å². The van der Waals surface area contributed by atoms with E-state index in [1.54, 1.807) is 0 Å². The molecule has 0 radical (unpaired) electrons. The van der Waals surface area contributed by atoms with Gasteiger partial charge in [0.25, 0.3) is 5.91 Å². The molecule has 7 heteroatoms. The Morgan fingerprint density at radius 2 is 1.65 bits per heavy atom. The number of carbonyl (C=O) groups excluding carboxylic acids is 2. The van der Waals surface area contributed by atoms with Crippen molar-refractivity contribution in [1.82, 2.24) is 19.6 Å². The summed E-state index contributed by atoms with van der Waals surface area (Å²) in [6, 6.07) is 4.57. The lowest BCUT2D eigenvalue weighted by atomic mass is 9.91. The van der Waals surface area contributed by atoms with Gasteiger partial charge in [-0.1, -0.05) is 12.5 Å². The molecule has 0 unspecified atom stereocenters. The van der Waals surface area contributed by atoms with E-state index in [0.717, 1.165) is 50.2 Å². The van der Waals surface area contributed by atoms with Crippen molar-refractivity contribution in [2.24, 2.45) is 0 Å². The summed E-state index contributed by atoms with van der Waals surface area (Å²) in [5.74, 6) is 0.370. The number of hydrogen-bond donors (Lipinski definition) is 0. The standard InChI is InChI=1S/C19H28N4O2S/c24-18(22-12-10-21(11-13-22)16-3-1-4-16)15-20-6-8-23(9-7-20)19(25)17-5-2-14-26-17/h2,5,14,16H,1,3-4,6-13,15H2. The van der Waals surface area contributed by atoms with E-state index < -0.39 is 0 Å². The minimum Gasteiger partial charge on any atom is -0.339 e. The molecule has 3 heterocycles. The van der Waals surface area contributed by atoms with E-state index in [1.807, 2.05) is 27.3 Å². The van der Waals surface area contributed by atoms with Crippen LogP contribution in [0.1, 0.15) is 28.9 Å². The van der Waals surface area contributed by atoms with Crippen molar-refractivity contribution < 1.29 is 9.59 Å². The molecule has 142 valence electrons. The highest BCUT2D eigenvalue weighted by molar-refractivity contribution is 7.12. The second-order valence-electron chi connectivity index (χ2n) is 7.55. The van der Waals surface area contributed by atoms with Crippen molar-refractivity contribution in [3.63, 3.8) is 0 Å². The number of carbonyl (C=O) groups is 2. The van der Waals surface area contributed by atoms with Gasteiger partial charge in [-0.15, -0.1) is 11.3 Å². The van der Waals surface area contributed by atoms with Crippen LogP contribution in [-0.2, 0) is 4.79 Å². The molecule has 4 rings (SSSR count). The molecule has 0 spiro atoms. The van der Waals surface area contributed by atoms with Crippen LogP contribution in [0.25, 0.3) is 0 Å². The van der Waals surface area contributed by atoms with E-state index in [9.17, 15) is 9.59 Å². The fourth-order valence-electron chi connectivity index (χ4n) is 4.04. The Kier molecular flexibility index (Phi) is 5.57. The molecule has 0 atom stereocenters. The molecule has 1 aromatic rings. The maximum atomic E-state index is 12.6. The number of nitrogens with zero attached hydrogens (tertiary/aromatic N) is 4. The van der Waals surface area contributed by atoms with Crippen molar-refractivity contribution >= 4 is 23.2 Å². The Labute approximate surface area is 159 Å². The Balaban J connectivity index is 1.19. The molecule has 2 aliphatic heterocycles. The van der Waals surface area contributed by atoms with Crippen LogP contribution < -0.4 is 0 Å². The minimum absolute atomic E-state index is 0.123. The largest absolute Gasteiger partial charge is 0.339 e. The normalized spacial score (nSPS) is 23.1. The van der Waals surface area contributed by atoms with Gasteiger partial charge in [-0.05, 0) is 24.3 Å². The van der Waals surface area contributed by atoms with Gasteiger partial charge in [-0.3, -0.25) is 19.4 Å². The maximum Gasteiger partial charge on any atom is 0.264 e. The molecule has 1 saturated carbocycles. The Morgan fingerprint density at radius 3 is 2.23 bits per heavy atom. The highest BCUT2D eigenvalue weighted by atomic mass is 32.1. The minimum atomic E-state index is 0.123. The van der Waals surface area contributed by atoms with E-state index in [0.29, 0.717) is 19.6 Å². The zero-order chi connectivity index (χ0) is 17.9. The predicted molar refractivity (Wildman–Crippen MR) is 102 cm³/mol. The predicted octanol–water partition coefficient (Wildman–Crippen LogP) is 1.20. The van der Waals surface area contributed by atoms with Crippen LogP contribution in [0.3, 0.4) is 0 Å². The fraction of sp³-hybridized carbons (Fsp3) is 0.684. The van der Waals surface area contributed by atoms with Crippen molar-refractivity contribution in [1.29, 1.82) is 0 Å². The molecule has 3 fully saturated rings. The molecule has 0 aromatic carbocycles. The van der Waals surface area contributed by atoms with Gasteiger partial charge < -0.3 is 9.80 Å². The molecule has 2 saturated heterocycles. The SMILES string of the molecule is O=C(CN1CCN(C(=O)c2cccs2)CC1)N1CCN(C2CCC2)CC1. The number of hydrogen-bond acceptors (Lipinski definition) is 5. The van der Waals surface area contributed by atoms with Crippen LogP contribution >= 0.6 is 11.3 Å². The molecular formula is C19H28N4O2S. The first kappa shape index (κ1) is 17.9. The third-order valence-corrected chi connectivity index (χ3v) is 6.87. The van der Waals surface area contributed by atoms with E-state index in [2.05, 4.69) is 9.80 Å². The first-order chi connectivity index (χ1) is 12.7.